The lowest BCUT2D eigenvalue weighted by Gasteiger charge is -2.14. The topological polar surface area (TPSA) is 20.3 Å². The van der Waals surface area contributed by atoms with Gasteiger partial charge in [-0.1, -0.05) is 0 Å². The van der Waals surface area contributed by atoms with Gasteiger partial charge in [-0.2, -0.15) is 0 Å². The van der Waals surface area contributed by atoms with Crippen molar-refractivity contribution in [3.8, 4) is 0 Å². The minimum absolute atomic E-state index is 0.100. The molecule has 0 spiro atoms. The minimum Gasteiger partial charge on any atom is -0.298 e. The molecule has 1 aliphatic heterocycles. The third-order valence-electron chi connectivity index (χ3n) is 2.06. The van der Waals surface area contributed by atoms with E-state index in [1.807, 2.05) is 11.9 Å². The zero-order valence-corrected chi connectivity index (χ0v) is 6.80. The molecule has 11 heavy (non-hydrogen) atoms. The van der Waals surface area contributed by atoms with Crippen molar-refractivity contribution in [2.75, 3.05) is 13.6 Å². The maximum Gasteiger partial charge on any atom is 0.147 e. The predicted octanol–water partition coefficient (Wildman–Crippen LogP) is 1.13. The molecule has 0 saturated carbocycles. The number of likely N-dealkylation sites (tertiary alicyclic amines) is 1. The van der Waals surface area contributed by atoms with Gasteiger partial charge in [0.05, 0.1) is 12.4 Å². The average Bonchev–Trinajstić information content (AvgIpc) is 2.30. The van der Waals surface area contributed by atoms with E-state index < -0.39 is 0 Å². The van der Waals surface area contributed by atoms with Gasteiger partial charge in [0.1, 0.15) is 5.78 Å². The van der Waals surface area contributed by atoms with Crippen LogP contribution in [0.2, 0.25) is 0 Å². The number of likely N-dealkylation sites (N-methyl/N-ethyl adjacent to an activating group) is 1. The molecule has 0 radical (unpaired) electrons. The highest BCUT2D eigenvalue weighted by Gasteiger charge is 2.27. The Hall–Kier alpha value is -0.700. The number of ketones is 1. The second kappa shape index (κ2) is 3.13. The fourth-order valence-corrected chi connectivity index (χ4v) is 1.43. The molecule has 1 aliphatic rings. The summed E-state index contributed by atoms with van der Waals surface area (Å²) in [5.74, 6) is 0.115. The summed E-state index contributed by atoms with van der Waals surface area (Å²) >= 11 is 0. The van der Waals surface area contributed by atoms with Crippen LogP contribution >= 0.6 is 0 Å². The predicted molar refractivity (Wildman–Crippen MR) is 40.9 cm³/mol. The molecule has 1 saturated heterocycles. The standard InChI is InChI=1S/C8H12FNO/c1-6(11)8-3-7(4-9)5-10(8)2/h4,8H,3,5H2,1-2H3/b7-4+. The highest BCUT2D eigenvalue weighted by atomic mass is 19.1. The second-order valence-corrected chi connectivity index (χ2v) is 3.01. The number of halogens is 1. The smallest absolute Gasteiger partial charge is 0.147 e. The van der Waals surface area contributed by atoms with Crippen LogP contribution in [0.25, 0.3) is 0 Å². The van der Waals surface area contributed by atoms with Crippen molar-refractivity contribution in [3.63, 3.8) is 0 Å². The molecule has 0 aromatic rings. The Morgan fingerprint density at radius 3 is 2.73 bits per heavy atom. The molecule has 1 atom stereocenters. The highest BCUT2D eigenvalue weighted by molar-refractivity contribution is 5.82. The quantitative estimate of drug-likeness (QED) is 0.568. The molecule has 2 nitrogen and oxygen atoms in total. The van der Waals surface area contributed by atoms with Crippen molar-refractivity contribution >= 4 is 5.78 Å². The summed E-state index contributed by atoms with van der Waals surface area (Å²) in [4.78, 5) is 12.8. The summed E-state index contributed by atoms with van der Waals surface area (Å²) in [5, 5.41) is 0. The van der Waals surface area contributed by atoms with E-state index in [4.69, 9.17) is 0 Å². The number of carbonyl (C=O) groups is 1. The number of hydrogen-bond donors (Lipinski definition) is 0. The van der Waals surface area contributed by atoms with Crippen molar-refractivity contribution in [1.82, 2.24) is 4.90 Å². The van der Waals surface area contributed by atoms with Gasteiger partial charge in [-0.3, -0.25) is 9.69 Å². The van der Waals surface area contributed by atoms with E-state index in [0.717, 1.165) is 0 Å². The van der Waals surface area contributed by atoms with Crippen LogP contribution in [0.5, 0.6) is 0 Å². The van der Waals surface area contributed by atoms with E-state index in [0.29, 0.717) is 24.9 Å². The Morgan fingerprint density at radius 2 is 2.45 bits per heavy atom. The molecule has 0 bridgehead atoms. The van der Waals surface area contributed by atoms with Gasteiger partial charge >= 0.3 is 0 Å². The van der Waals surface area contributed by atoms with Crippen LogP contribution in [0.3, 0.4) is 0 Å². The second-order valence-electron chi connectivity index (χ2n) is 3.01. The van der Waals surface area contributed by atoms with Crippen LogP contribution in [-0.2, 0) is 4.79 Å². The molecule has 3 heteroatoms. The van der Waals surface area contributed by atoms with Crippen LogP contribution in [0.1, 0.15) is 13.3 Å². The van der Waals surface area contributed by atoms with E-state index >= 15 is 0 Å². The van der Waals surface area contributed by atoms with E-state index in [2.05, 4.69) is 0 Å². The van der Waals surface area contributed by atoms with Gasteiger partial charge in [0, 0.05) is 6.54 Å². The summed E-state index contributed by atoms with van der Waals surface area (Å²) in [5.41, 5.74) is 0.715. The van der Waals surface area contributed by atoms with Crippen LogP contribution in [0, 0.1) is 0 Å². The minimum atomic E-state index is -0.100. The Labute approximate surface area is 65.7 Å². The van der Waals surface area contributed by atoms with Crippen molar-refractivity contribution in [3.05, 3.63) is 11.9 Å². The third-order valence-corrected chi connectivity index (χ3v) is 2.06. The van der Waals surface area contributed by atoms with E-state index in [1.54, 1.807) is 6.92 Å². The first kappa shape index (κ1) is 8.40. The monoisotopic (exact) mass is 157 g/mol. The molecule has 0 aromatic carbocycles. The van der Waals surface area contributed by atoms with Gasteiger partial charge in [0.15, 0.2) is 0 Å². The lowest BCUT2D eigenvalue weighted by atomic mass is 10.1. The van der Waals surface area contributed by atoms with Crippen molar-refractivity contribution < 1.29 is 9.18 Å². The zero-order chi connectivity index (χ0) is 8.43. The van der Waals surface area contributed by atoms with Crippen LogP contribution < -0.4 is 0 Å². The molecule has 62 valence electrons. The Bertz CT molecular complexity index is 200. The SMILES string of the molecule is CC(=O)C1C/C(=C\F)CN1C. The Morgan fingerprint density at radius 1 is 1.82 bits per heavy atom. The molecule has 1 fully saturated rings. The first-order chi connectivity index (χ1) is 5.15. The van der Waals surface area contributed by atoms with Gasteiger partial charge in [-0.15, -0.1) is 0 Å². The Kier molecular flexibility index (Phi) is 2.39. The molecule has 1 unspecified atom stereocenters. The highest BCUT2D eigenvalue weighted by Crippen LogP contribution is 2.21. The number of nitrogens with zero attached hydrogens (tertiary/aromatic N) is 1. The van der Waals surface area contributed by atoms with E-state index in [-0.39, 0.29) is 11.8 Å². The van der Waals surface area contributed by atoms with Gasteiger partial charge in [0.2, 0.25) is 0 Å². The molecular formula is C8H12FNO. The van der Waals surface area contributed by atoms with Crippen LogP contribution in [-0.4, -0.2) is 30.3 Å². The number of hydrogen-bond acceptors (Lipinski definition) is 2. The number of carbonyl (C=O) groups excluding carboxylic acids is 1. The van der Waals surface area contributed by atoms with Gasteiger partial charge < -0.3 is 0 Å². The maximum absolute atomic E-state index is 12.0. The van der Waals surface area contributed by atoms with Crippen molar-refractivity contribution in [2.24, 2.45) is 0 Å². The van der Waals surface area contributed by atoms with Crippen molar-refractivity contribution in [1.29, 1.82) is 0 Å². The average molecular weight is 157 g/mol. The molecule has 0 N–H and O–H groups in total. The normalized spacial score (nSPS) is 29.7. The first-order valence-corrected chi connectivity index (χ1v) is 3.64. The molecule has 0 amide bonds. The number of rotatable bonds is 1. The Balaban J connectivity index is 2.66. The lowest BCUT2D eigenvalue weighted by Crippen LogP contribution is -2.30. The van der Waals surface area contributed by atoms with Crippen LogP contribution in [0.4, 0.5) is 4.39 Å². The number of Topliss-reactive ketones (excluding diaryl/α,β-unsaturated/α-hetero) is 1. The molecule has 0 aromatic heterocycles. The maximum atomic E-state index is 12.0. The molecule has 1 rings (SSSR count). The zero-order valence-electron chi connectivity index (χ0n) is 6.80. The summed E-state index contributed by atoms with van der Waals surface area (Å²) < 4.78 is 12.0. The first-order valence-electron chi connectivity index (χ1n) is 3.64. The summed E-state index contributed by atoms with van der Waals surface area (Å²) in [6.07, 6.45) is 1.17. The third kappa shape index (κ3) is 1.66. The van der Waals surface area contributed by atoms with E-state index in [1.165, 1.54) is 0 Å². The summed E-state index contributed by atoms with van der Waals surface area (Å²) in [7, 11) is 1.84. The largest absolute Gasteiger partial charge is 0.298 e. The molecular weight excluding hydrogens is 145 g/mol. The van der Waals surface area contributed by atoms with Crippen LogP contribution in [0.15, 0.2) is 11.9 Å². The molecule has 0 aliphatic carbocycles. The summed E-state index contributed by atoms with van der Waals surface area (Å²) in [6, 6.07) is -0.100. The fourth-order valence-electron chi connectivity index (χ4n) is 1.43. The van der Waals surface area contributed by atoms with Crippen molar-refractivity contribution in [2.45, 2.75) is 19.4 Å². The van der Waals surface area contributed by atoms with Gasteiger partial charge in [-0.25, -0.2) is 4.39 Å². The molecule has 1 heterocycles. The van der Waals surface area contributed by atoms with E-state index in [9.17, 15) is 9.18 Å². The van der Waals surface area contributed by atoms with Gasteiger partial charge in [0.25, 0.3) is 0 Å². The fraction of sp³-hybridized carbons (Fsp3) is 0.625. The lowest BCUT2D eigenvalue weighted by molar-refractivity contribution is -0.120. The van der Waals surface area contributed by atoms with Gasteiger partial charge in [-0.05, 0) is 26.0 Å². The summed E-state index contributed by atoms with van der Waals surface area (Å²) in [6.45, 7) is 2.13.